The van der Waals surface area contributed by atoms with Gasteiger partial charge in [-0.05, 0) is 0 Å². The lowest BCUT2D eigenvalue weighted by Gasteiger charge is -1.96. The van der Waals surface area contributed by atoms with Gasteiger partial charge in [-0.1, -0.05) is 0 Å². The van der Waals surface area contributed by atoms with Gasteiger partial charge in [0.2, 0.25) is 0 Å². The number of rotatable bonds is 5. The van der Waals surface area contributed by atoms with E-state index in [1.54, 1.807) is 0 Å². The molecule has 0 aliphatic carbocycles. The van der Waals surface area contributed by atoms with Gasteiger partial charge in [-0.2, -0.15) is 0 Å². The van der Waals surface area contributed by atoms with Crippen LogP contribution in [-0.2, 0) is 19.2 Å². The third kappa shape index (κ3) is 52.5. The minimum Gasteiger partial charge on any atom is -0.480 e. The van der Waals surface area contributed by atoms with Crippen LogP contribution in [0.4, 0.5) is 0 Å². The standard InChI is InChI=1S/C3H7NO3.3C2H5NO2/c4-2(1-5)3(6)7;3*3-1-2(4)5/h2,5H,1,4H2,(H,6,7);3*1,3H2,(H,4,5). The van der Waals surface area contributed by atoms with Crippen LogP contribution in [-0.4, -0.2) is 81.7 Å². The van der Waals surface area contributed by atoms with Crippen LogP contribution in [0.3, 0.4) is 0 Å². The first-order valence-electron chi connectivity index (χ1n) is 5.34. The van der Waals surface area contributed by atoms with E-state index in [-0.39, 0.29) is 19.6 Å². The summed E-state index contributed by atoms with van der Waals surface area (Å²) in [6.07, 6.45) is 0. The maximum absolute atomic E-state index is 9.65. The summed E-state index contributed by atoms with van der Waals surface area (Å²) in [6.45, 7) is -1.34. The zero-order valence-electron chi connectivity index (χ0n) is 11.6. The Hall–Kier alpha value is -2.32. The number of nitrogens with two attached hydrogens (primary N) is 4. The maximum Gasteiger partial charge on any atom is 0.322 e. The Bertz CT molecular complexity index is 291. The molecule has 0 aliphatic rings. The van der Waals surface area contributed by atoms with Gasteiger partial charge >= 0.3 is 23.9 Å². The van der Waals surface area contributed by atoms with Gasteiger partial charge < -0.3 is 48.5 Å². The van der Waals surface area contributed by atoms with Gasteiger partial charge in [0.1, 0.15) is 6.04 Å². The number of carboxylic acid groups (broad SMARTS) is 4. The second kappa shape index (κ2) is 21.0. The van der Waals surface area contributed by atoms with E-state index in [0.717, 1.165) is 0 Å². The van der Waals surface area contributed by atoms with Crippen LogP contribution >= 0.6 is 0 Å². The van der Waals surface area contributed by atoms with Crippen molar-refractivity contribution in [2.45, 2.75) is 6.04 Å². The normalized spacial score (nSPS) is 9.32. The highest BCUT2D eigenvalue weighted by atomic mass is 16.4. The summed E-state index contributed by atoms with van der Waals surface area (Å²) in [6, 6.07) is -1.13. The van der Waals surface area contributed by atoms with Gasteiger partial charge in [-0.3, -0.25) is 19.2 Å². The Morgan fingerprint density at radius 1 is 0.727 bits per heavy atom. The summed E-state index contributed by atoms with van der Waals surface area (Å²) in [5.41, 5.74) is 18.5. The molecule has 13 nitrogen and oxygen atoms in total. The largest absolute Gasteiger partial charge is 0.480 e. The van der Waals surface area contributed by atoms with Crippen molar-refractivity contribution in [1.82, 2.24) is 0 Å². The van der Waals surface area contributed by atoms with Crippen LogP contribution in [0.5, 0.6) is 0 Å². The van der Waals surface area contributed by atoms with Crippen LogP contribution in [0.25, 0.3) is 0 Å². The van der Waals surface area contributed by atoms with Crippen LogP contribution in [0.2, 0.25) is 0 Å². The van der Waals surface area contributed by atoms with Gasteiger partial charge in [-0.25, -0.2) is 0 Å². The highest BCUT2D eigenvalue weighted by molar-refractivity contribution is 5.73. The highest BCUT2D eigenvalue weighted by Crippen LogP contribution is 1.71. The molecule has 0 saturated heterocycles. The molecule has 132 valence electrons. The van der Waals surface area contributed by atoms with Crippen molar-refractivity contribution >= 4 is 23.9 Å². The van der Waals surface area contributed by atoms with Gasteiger partial charge in [0.05, 0.1) is 26.2 Å². The molecular formula is C9H22N4O9. The van der Waals surface area contributed by atoms with Crippen molar-refractivity contribution < 1.29 is 44.7 Å². The summed E-state index contributed by atoms with van der Waals surface area (Å²) < 4.78 is 0. The van der Waals surface area contributed by atoms with E-state index in [0.29, 0.717) is 0 Å². The number of hydrogen-bond donors (Lipinski definition) is 9. The highest BCUT2D eigenvalue weighted by Gasteiger charge is 2.06. The second-order valence-corrected chi connectivity index (χ2v) is 2.92. The predicted molar refractivity (Wildman–Crippen MR) is 72.8 cm³/mol. The van der Waals surface area contributed by atoms with Crippen LogP contribution in [0.15, 0.2) is 0 Å². The molecule has 0 amide bonds. The lowest BCUT2D eigenvalue weighted by molar-refractivity contribution is -0.139. The summed E-state index contributed by atoms with van der Waals surface area (Å²) in [5.74, 6) is -4.08. The molecule has 0 heterocycles. The summed E-state index contributed by atoms with van der Waals surface area (Å²) in [4.78, 5) is 37.4. The molecule has 13 heteroatoms. The Morgan fingerprint density at radius 2 is 0.909 bits per heavy atom. The van der Waals surface area contributed by atoms with Crippen molar-refractivity contribution in [1.29, 1.82) is 0 Å². The van der Waals surface area contributed by atoms with E-state index in [4.69, 9.17) is 31.3 Å². The molecule has 0 bridgehead atoms. The molecule has 0 rings (SSSR count). The number of aliphatic hydroxyl groups is 1. The van der Waals surface area contributed by atoms with Gasteiger partial charge in [0.25, 0.3) is 0 Å². The topological polar surface area (TPSA) is 274 Å². The number of aliphatic hydroxyl groups excluding tert-OH is 1. The number of carboxylic acids is 4. The van der Waals surface area contributed by atoms with Crippen molar-refractivity contribution in [3.05, 3.63) is 0 Å². The van der Waals surface area contributed by atoms with E-state index in [9.17, 15) is 19.2 Å². The summed E-state index contributed by atoms with van der Waals surface area (Å²) in [5, 5.41) is 38.7. The number of aliphatic carboxylic acids is 4. The first kappa shape index (κ1) is 27.9. The van der Waals surface area contributed by atoms with E-state index in [1.807, 2.05) is 0 Å². The molecule has 1 atom stereocenters. The summed E-state index contributed by atoms with van der Waals surface area (Å²) >= 11 is 0. The molecule has 13 N–H and O–H groups in total. The van der Waals surface area contributed by atoms with Gasteiger partial charge in [0.15, 0.2) is 0 Å². The molecule has 0 spiro atoms. The SMILES string of the molecule is NC(CO)C(=O)O.NCC(=O)O.NCC(=O)O.NCC(=O)O. The number of hydrogen-bond acceptors (Lipinski definition) is 9. The fraction of sp³-hybridized carbons (Fsp3) is 0.556. The predicted octanol–water partition coefficient (Wildman–Crippen LogP) is -4.52. The zero-order valence-corrected chi connectivity index (χ0v) is 11.6. The van der Waals surface area contributed by atoms with Gasteiger partial charge in [0, 0.05) is 0 Å². The lowest BCUT2D eigenvalue weighted by atomic mass is 10.3. The quantitative estimate of drug-likeness (QED) is 0.230. The Labute approximate surface area is 125 Å². The molecule has 0 aromatic carbocycles. The maximum atomic E-state index is 9.65. The first-order valence-corrected chi connectivity index (χ1v) is 5.34. The first-order chi connectivity index (χ1) is 9.99. The Balaban J connectivity index is -0.0000000995. The van der Waals surface area contributed by atoms with Crippen molar-refractivity contribution in [3.63, 3.8) is 0 Å². The molecule has 0 aromatic heterocycles. The zero-order chi connectivity index (χ0) is 18.7. The molecule has 0 saturated carbocycles. The van der Waals surface area contributed by atoms with E-state index < -0.39 is 36.5 Å². The average Bonchev–Trinajstić information content (AvgIpc) is 2.47. The lowest BCUT2D eigenvalue weighted by Crippen LogP contribution is -2.33. The van der Waals surface area contributed by atoms with Crippen LogP contribution in [0.1, 0.15) is 0 Å². The third-order valence-electron chi connectivity index (χ3n) is 1.04. The molecule has 0 fully saturated rings. The minimum atomic E-state index is -1.18. The number of carbonyl (C=O) groups is 4. The fourth-order valence-corrected chi connectivity index (χ4v) is 0.0781. The van der Waals surface area contributed by atoms with Crippen molar-refractivity contribution in [3.8, 4) is 0 Å². The second-order valence-electron chi connectivity index (χ2n) is 2.92. The monoisotopic (exact) mass is 330 g/mol. The molecule has 0 aliphatic heterocycles. The molecule has 0 radical (unpaired) electrons. The van der Waals surface area contributed by atoms with E-state index in [2.05, 4.69) is 17.2 Å². The summed E-state index contributed by atoms with van der Waals surface area (Å²) in [7, 11) is 0. The fourth-order valence-electron chi connectivity index (χ4n) is 0.0781. The Kier molecular flexibility index (Phi) is 26.6. The van der Waals surface area contributed by atoms with Crippen molar-refractivity contribution in [2.24, 2.45) is 22.9 Å². The van der Waals surface area contributed by atoms with E-state index in [1.165, 1.54) is 0 Å². The average molecular weight is 330 g/mol. The molecule has 0 aromatic rings. The van der Waals surface area contributed by atoms with Crippen molar-refractivity contribution in [2.75, 3.05) is 26.2 Å². The molecule has 22 heavy (non-hydrogen) atoms. The molecule has 1 unspecified atom stereocenters. The smallest absolute Gasteiger partial charge is 0.322 e. The minimum absolute atomic E-state index is 0.278. The van der Waals surface area contributed by atoms with Crippen LogP contribution in [0, 0.1) is 0 Å². The third-order valence-corrected chi connectivity index (χ3v) is 1.04. The Morgan fingerprint density at radius 3 is 0.909 bits per heavy atom. The molecular weight excluding hydrogens is 308 g/mol. The van der Waals surface area contributed by atoms with E-state index >= 15 is 0 Å². The van der Waals surface area contributed by atoms with Gasteiger partial charge in [-0.15, -0.1) is 0 Å². The van der Waals surface area contributed by atoms with Crippen LogP contribution < -0.4 is 22.9 Å².